The van der Waals surface area contributed by atoms with Gasteiger partial charge < -0.3 is 24.3 Å². The van der Waals surface area contributed by atoms with Crippen LogP contribution in [-0.4, -0.2) is 56.6 Å². The molecule has 184 valence electrons. The average Bonchev–Trinajstić information content (AvgIpc) is 3.51. The number of aryl methyl sites for hydroxylation is 1. The van der Waals surface area contributed by atoms with E-state index in [2.05, 4.69) is 21.6 Å². The van der Waals surface area contributed by atoms with E-state index in [4.69, 9.17) is 14.5 Å². The number of carbonyl (C=O) groups excluding carboxylic acids is 2. The third-order valence-corrected chi connectivity index (χ3v) is 6.41. The molecule has 1 N–H and O–H groups in total. The molecule has 2 aromatic rings. The van der Waals surface area contributed by atoms with Gasteiger partial charge in [0.1, 0.15) is 12.0 Å². The number of rotatable bonds is 8. The Bertz CT molecular complexity index is 1030. The number of methoxy groups -OCH3 is 1. The maximum absolute atomic E-state index is 12.0. The Balaban J connectivity index is 0.00000103. The lowest BCUT2D eigenvalue weighted by Gasteiger charge is -2.28. The lowest BCUT2D eigenvalue weighted by atomic mass is 9.83. The molecule has 1 unspecified atom stereocenters. The second-order valence-electron chi connectivity index (χ2n) is 8.68. The van der Waals surface area contributed by atoms with Gasteiger partial charge in [0, 0.05) is 44.5 Å². The first-order valence-electron chi connectivity index (χ1n) is 11.8. The number of ether oxygens (including phenoxy) is 1. The Morgan fingerprint density at radius 3 is 2.65 bits per heavy atom. The third-order valence-electron chi connectivity index (χ3n) is 6.41. The Labute approximate surface area is 201 Å². The Kier molecular flexibility index (Phi) is 8.67. The summed E-state index contributed by atoms with van der Waals surface area (Å²) >= 11 is 0. The number of anilines is 1. The van der Waals surface area contributed by atoms with Crippen LogP contribution in [0.1, 0.15) is 57.0 Å². The van der Waals surface area contributed by atoms with Crippen molar-refractivity contribution in [1.82, 2.24) is 24.2 Å². The quantitative estimate of drug-likeness (QED) is 0.470. The van der Waals surface area contributed by atoms with Gasteiger partial charge in [-0.2, -0.15) is 0 Å². The van der Waals surface area contributed by atoms with E-state index >= 15 is 0 Å². The standard InChI is InChI=1S/C23H32N6O2.C2H4O/c1-5-18(25-19-15-27(3)26-23(19)31-4)22-24-12-20(17-8-7-9-17)29(22)14-16-10-11-28(13-16)21(30)6-2;1-2-3/h5-6,12,15-17,25H,2,7-11,13-14H2,1,3-4H3;2H,1H3/b18-5+;. The second-order valence-corrected chi connectivity index (χ2v) is 8.68. The number of aldehydes is 1. The molecular formula is C25H36N6O3. The van der Waals surface area contributed by atoms with Crippen LogP contribution in [0.5, 0.6) is 5.88 Å². The molecule has 1 aliphatic heterocycles. The van der Waals surface area contributed by atoms with Crippen LogP contribution in [0.15, 0.2) is 31.1 Å². The molecule has 0 spiro atoms. The fourth-order valence-corrected chi connectivity index (χ4v) is 4.50. The number of carbonyl (C=O) groups is 2. The molecule has 2 fully saturated rings. The van der Waals surface area contributed by atoms with E-state index in [0.717, 1.165) is 49.6 Å². The summed E-state index contributed by atoms with van der Waals surface area (Å²) in [6.07, 6.45) is 12.8. The van der Waals surface area contributed by atoms with Gasteiger partial charge in [-0.1, -0.05) is 19.1 Å². The highest BCUT2D eigenvalue weighted by atomic mass is 16.5. The molecule has 1 saturated carbocycles. The molecule has 34 heavy (non-hydrogen) atoms. The van der Waals surface area contributed by atoms with Crippen LogP contribution >= 0.6 is 0 Å². The normalized spacial score (nSPS) is 18.1. The number of nitrogens with one attached hydrogen (secondary N) is 1. The monoisotopic (exact) mass is 468 g/mol. The Hall–Kier alpha value is -3.36. The average molecular weight is 469 g/mol. The number of hydrogen-bond acceptors (Lipinski definition) is 6. The maximum Gasteiger partial charge on any atom is 0.256 e. The molecule has 1 saturated heterocycles. The van der Waals surface area contributed by atoms with Crippen molar-refractivity contribution in [3.63, 3.8) is 0 Å². The Morgan fingerprint density at radius 2 is 2.06 bits per heavy atom. The van der Waals surface area contributed by atoms with Crippen molar-refractivity contribution >= 4 is 23.6 Å². The molecular weight excluding hydrogens is 432 g/mol. The maximum atomic E-state index is 12.0. The van der Waals surface area contributed by atoms with Crippen molar-refractivity contribution in [3.8, 4) is 5.88 Å². The largest absolute Gasteiger partial charge is 0.478 e. The molecule has 2 aliphatic rings. The molecule has 1 aliphatic carbocycles. The highest BCUT2D eigenvalue weighted by molar-refractivity contribution is 5.87. The van der Waals surface area contributed by atoms with Crippen molar-refractivity contribution in [2.24, 2.45) is 13.0 Å². The first-order chi connectivity index (χ1) is 16.4. The zero-order valence-corrected chi connectivity index (χ0v) is 20.7. The molecule has 9 nitrogen and oxygen atoms in total. The summed E-state index contributed by atoms with van der Waals surface area (Å²) in [5.74, 6) is 2.46. The molecule has 2 aromatic heterocycles. The van der Waals surface area contributed by atoms with Gasteiger partial charge in [0.2, 0.25) is 5.91 Å². The van der Waals surface area contributed by atoms with Gasteiger partial charge in [0.25, 0.3) is 5.88 Å². The van der Waals surface area contributed by atoms with Crippen LogP contribution in [0.25, 0.3) is 5.70 Å². The molecule has 0 radical (unpaired) electrons. The van der Waals surface area contributed by atoms with Gasteiger partial charge in [-0.05, 0) is 45.1 Å². The van der Waals surface area contributed by atoms with Crippen LogP contribution in [-0.2, 0) is 23.2 Å². The van der Waals surface area contributed by atoms with E-state index in [0.29, 0.717) is 17.7 Å². The van der Waals surface area contributed by atoms with Crippen LogP contribution < -0.4 is 10.1 Å². The summed E-state index contributed by atoms with van der Waals surface area (Å²) in [5.41, 5.74) is 3.03. The summed E-state index contributed by atoms with van der Waals surface area (Å²) < 4.78 is 9.49. The van der Waals surface area contributed by atoms with Crippen LogP contribution in [0.3, 0.4) is 0 Å². The van der Waals surface area contributed by atoms with E-state index < -0.39 is 0 Å². The highest BCUT2D eigenvalue weighted by Gasteiger charge is 2.30. The molecule has 3 heterocycles. The van der Waals surface area contributed by atoms with E-state index in [-0.39, 0.29) is 5.91 Å². The lowest BCUT2D eigenvalue weighted by Crippen LogP contribution is -2.28. The van der Waals surface area contributed by atoms with Gasteiger partial charge in [-0.3, -0.25) is 9.48 Å². The topological polar surface area (TPSA) is 94.3 Å². The smallest absolute Gasteiger partial charge is 0.256 e. The highest BCUT2D eigenvalue weighted by Crippen LogP contribution is 2.38. The van der Waals surface area contributed by atoms with Crippen LogP contribution in [0, 0.1) is 5.92 Å². The summed E-state index contributed by atoms with van der Waals surface area (Å²) in [6.45, 7) is 9.49. The molecule has 0 aromatic carbocycles. The number of aromatic nitrogens is 4. The summed E-state index contributed by atoms with van der Waals surface area (Å²) in [4.78, 5) is 27.6. The van der Waals surface area contributed by atoms with Gasteiger partial charge in [0.05, 0.1) is 19.0 Å². The molecule has 9 heteroatoms. The molecule has 1 amide bonds. The molecule has 0 bridgehead atoms. The molecule has 1 atom stereocenters. The summed E-state index contributed by atoms with van der Waals surface area (Å²) in [7, 11) is 3.49. The SMILES string of the molecule is C=CC(=O)N1CCC(Cn2c(C3CCC3)cnc2/C(=C\C)Nc2cn(C)nc2OC)C1.CC=O. The van der Waals surface area contributed by atoms with Gasteiger partial charge in [-0.25, -0.2) is 4.98 Å². The van der Waals surface area contributed by atoms with Crippen molar-refractivity contribution in [2.75, 3.05) is 25.5 Å². The minimum Gasteiger partial charge on any atom is -0.478 e. The number of nitrogens with zero attached hydrogens (tertiary/aromatic N) is 5. The third kappa shape index (κ3) is 5.58. The van der Waals surface area contributed by atoms with Crippen molar-refractivity contribution in [2.45, 2.75) is 52.0 Å². The fraction of sp³-hybridized carbons (Fsp3) is 0.520. The van der Waals surface area contributed by atoms with E-state index in [1.54, 1.807) is 11.8 Å². The predicted molar refractivity (Wildman–Crippen MR) is 132 cm³/mol. The van der Waals surface area contributed by atoms with E-state index in [1.165, 1.54) is 38.0 Å². The lowest BCUT2D eigenvalue weighted by molar-refractivity contribution is -0.125. The van der Waals surface area contributed by atoms with Crippen molar-refractivity contribution < 1.29 is 14.3 Å². The first kappa shape index (κ1) is 25.3. The first-order valence-corrected chi connectivity index (χ1v) is 11.8. The minimum absolute atomic E-state index is 0.0204. The summed E-state index contributed by atoms with van der Waals surface area (Å²) in [5, 5.41) is 7.80. The summed E-state index contributed by atoms with van der Waals surface area (Å²) in [6, 6.07) is 0. The number of hydrogen-bond donors (Lipinski definition) is 1. The minimum atomic E-state index is 0.0204. The number of allylic oxidation sites excluding steroid dienone is 1. The zero-order valence-electron chi connectivity index (χ0n) is 20.7. The van der Waals surface area contributed by atoms with Crippen LogP contribution in [0.2, 0.25) is 0 Å². The number of likely N-dealkylation sites (tertiary alicyclic amines) is 1. The fourth-order valence-electron chi connectivity index (χ4n) is 4.50. The van der Waals surface area contributed by atoms with Crippen molar-refractivity contribution in [1.29, 1.82) is 0 Å². The zero-order chi connectivity index (χ0) is 24.7. The Morgan fingerprint density at radius 1 is 1.32 bits per heavy atom. The second kappa shape index (κ2) is 11.7. The van der Waals surface area contributed by atoms with Gasteiger partial charge in [-0.15, -0.1) is 5.10 Å². The molecule has 4 rings (SSSR count). The van der Waals surface area contributed by atoms with E-state index in [9.17, 15) is 4.79 Å². The number of imidazole rings is 1. The van der Waals surface area contributed by atoms with Crippen LogP contribution in [0.4, 0.5) is 5.69 Å². The van der Waals surface area contributed by atoms with Crippen molar-refractivity contribution in [3.05, 3.63) is 42.6 Å². The van der Waals surface area contributed by atoms with Gasteiger partial charge >= 0.3 is 0 Å². The van der Waals surface area contributed by atoms with E-state index in [1.807, 2.05) is 37.3 Å². The predicted octanol–water partition coefficient (Wildman–Crippen LogP) is 3.61. The van der Waals surface area contributed by atoms with Gasteiger partial charge in [0.15, 0.2) is 5.82 Å². The number of amides is 1.